The number of ether oxygens (including phenoxy) is 1. The molecule has 4 aliphatic rings. The monoisotopic (exact) mass is 430 g/mol. The van der Waals surface area contributed by atoms with Gasteiger partial charge >= 0.3 is 5.97 Å². The minimum Gasteiger partial charge on any atom is -0.466 e. The van der Waals surface area contributed by atoms with Gasteiger partial charge in [-0.25, -0.2) is 0 Å². The van der Waals surface area contributed by atoms with E-state index in [2.05, 4.69) is 27.7 Å². The Hall–Kier alpha value is -0.860. The van der Waals surface area contributed by atoms with E-state index < -0.39 is 0 Å². The lowest BCUT2D eigenvalue weighted by Gasteiger charge is -2.62. The Morgan fingerprint density at radius 1 is 1.06 bits per heavy atom. The molecule has 0 aromatic heterocycles. The highest BCUT2D eigenvalue weighted by Gasteiger charge is 2.62. The van der Waals surface area contributed by atoms with Crippen LogP contribution in [0.25, 0.3) is 0 Å². The highest BCUT2D eigenvalue weighted by atomic mass is 16.5. The van der Waals surface area contributed by atoms with E-state index in [1.807, 2.05) is 6.92 Å². The molecular formula is C28H46O3. The van der Waals surface area contributed by atoms with Crippen molar-refractivity contribution in [3.8, 4) is 0 Å². The van der Waals surface area contributed by atoms with Crippen molar-refractivity contribution in [2.24, 2.45) is 52.3 Å². The number of hydrogen-bond acceptors (Lipinski definition) is 3. The molecule has 3 nitrogen and oxygen atoms in total. The van der Waals surface area contributed by atoms with Gasteiger partial charge in [-0.1, -0.05) is 34.1 Å². The zero-order valence-electron chi connectivity index (χ0n) is 20.8. The summed E-state index contributed by atoms with van der Waals surface area (Å²) in [5.74, 6) is 5.70. The average Bonchev–Trinajstić information content (AvgIpc) is 3.10. The zero-order chi connectivity index (χ0) is 22.4. The van der Waals surface area contributed by atoms with E-state index in [9.17, 15) is 9.59 Å². The summed E-state index contributed by atoms with van der Waals surface area (Å²) in [5.41, 5.74) is 0.813. The standard InChI is InChI=1S/C28H46O3/c1-6-19-16-21-23-10-9-22(18(3)8-11-26(30)31-7-2)27(23,4)15-13-24(21)28(5)14-12-20(29)17-25(19)28/h18-19,21-25H,6-17H2,1-5H3/t18-,19?,21?,22?,23?,24?,25?,27?,28?/m1/s1. The Kier molecular flexibility index (Phi) is 6.63. The predicted molar refractivity (Wildman–Crippen MR) is 124 cm³/mol. The van der Waals surface area contributed by atoms with Crippen molar-refractivity contribution in [1.82, 2.24) is 0 Å². The van der Waals surface area contributed by atoms with Gasteiger partial charge in [0, 0.05) is 19.3 Å². The Labute approximate surface area is 190 Å². The van der Waals surface area contributed by atoms with Crippen LogP contribution in [0.3, 0.4) is 0 Å². The minimum atomic E-state index is -0.0263. The van der Waals surface area contributed by atoms with Crippen LogP contribution in [-0.4, -0.2) is 18.4 Å². The largest absolute Gasteiger partial charge is 0.466 e. The molecule has 0 N–H and O–H groups in total. The second-order valence-electron chi connectivity index (χ2n) is 12.2. The molecular weight excluding hydrogens is 384 g/mol. The quantitative estimate of drug-likeness (QED) is 0.434. The molecule has 176 valence electrons. The maximum Gasteiger partial charge on any atom is 0.305 e. The molecule has 31 heavy (non-hydrogen) atoms. The summed E-state index contributed by atoms with van der Waals surface area (Å²) < 4.78 is 5.19. The van der Waals surface area contributed by atoms with Crippen molar-refractivity contribution in [3.63, 3.8) is 0 Å². The first kappa shape index (κ1) is 23.3. The van der Waals surface area contributed by atoms with Crippen LogP contribution >= 0.6 is 0 Å². The lowest BCUT2D eigenvalue weighted by molar-refractivity contribution is -0.152. The molecule has 0 heterocycles. The third-order valence-electron chi connectivity index (χ3n) is 11.1. The van der Waals surface area contributed by atoms with Crippen molar-refractivity contribution >= 4 is 11.8 Å². The molecule has 4 rings (SSSR count). The fourth-order valence-electron chi connectivity index (χ4n) is 9.50. The molecule has 9 atom stereocenters. The van der Waals surface area contributed by atoms with Crippen LogP contribution in [-0.2, 0) is 14.3 Å². The van der Waals surface area contributed by atoms with Gasteiger partial charge in [-0.05, 0) is 104 Å². The third kappa shape index (κ3) is 3.90. The number of carbonyl (C=O) groups is 2. The van der Waals surface area contributed by atoms with Gasteiger partial charge in [0.15, 0.2) is 0 Å². The molecule has 0 aromatic carbocycles. The normalized spacial score (nSPS) is 45.4. The highest BCUT2D eigenvalue weighted by molar-refractivity contribution is 5.79. The van der Waals surface area contributed by atoms with E-state index in [4.69, 9.17) is 4.74 Å². The molecule has 0 spiro atoms. The number of esters is 1. The predicted octanol–water partition coefficient (Wildman–Crippen LogP) is 6.83. The highest BCUT2D eigenvalue weighted by Crippen LogP contribution is 2.69. The average molecular weight is 431 g/mol. The van der Waals surface area contributed by atoms with Crippen LogP contribution in [0.5, 0.6) is 0 Å². The van der Waals surface area contributed by atoms with E-state index in [0.29, 0.717) is 41.5 Å². The number of ketones is 1. The van der Waals surface area contributed by atoms with E-state index >= 15 is 0 Å². The van der Waals surface area contributed by atoms with Crippen LogP contribution < -0.4 is 0 Å². The molecule has 0 aromatic rings. The molecule has 4 aliphatic carbocycles. The number of Topliss-reactive ketones (excluding diaryl/α,β-unsaturated/α-hetero) is 1. The van der Waals surface area contributed by atoms with Gasteiger partial charge in [0.05, 0.1) is 6.61 Å². The summed E-state index contributed by atoms with van der Waals surface area (Å²) >= 11 is 0. The SMILES string of the molecule is CCOC(=O)CC[C@@H](C)C1CCC2C3CC(CC)C4CC(=O)CCC4(C)C3CCC21C. The first-order chi connectivity index (χ1) is 14.7. The lowest BCUT2D eigenvalue weighted by Crippen LogP contribution is -2.56. The van der Waals surface area contributed by atoms with E-state index in [0.717, 1.165) is 55.3 Å². The van der Waals surface area contributed by atoms with Crippen molar-refractivity contribution in [3.05, 3.63) is 0 Å². The zero-order valence-corrected chi connectivity index (χ0v) is 20.8. The second kappa shape index (κ2) is 8.82. The molecule has 4 fully saturated rings. The fourth-order valence-corrected chi connectivity index (χ4v) is 9.50. The molecule has 0 amide bonds. The topological polar surface area (TPSA) is 43.4 Å². The molecule has 0 bridgehead atoms. The van der Waals surface area contributed by atoms with Gasteiger partial charge in [-0.15, -0.1) is 0 Å². The van der Waals surface area contributed by atoms with Gasteiger partial charge in [0.1, 0.15) is 5.78 Å². The number of hydrogen-bond donors (Lipinski definition) is 0. The van der Waals surface area contributed by atoms with Crippen LogP contribution in [0.4, 0.5) is 0 Å². The molecule has 8 unspecified atom stereocenters. The summed E-state index contributed by atoms with van der Waals surface area (Å²) in [5, 5.41) is 0. The van der Waals surface area contributed by atoms with Gasteiger partial charge in [-0.2, -0.15) is 0 Å². The van der Waals surface area contributed by atoms with Crippen molar-refractivity contribution < 1.29 is 14.3 Å². The Morgan fingerprint density at radius 3 is 2.52 bits per heavy atom. The molecule has 3 heteroatoms. The minimum absolute atomic E-state index is 0.0263. The van der Waals surface area contributed by atoms with Gasteiger partial charge in [-0.3, -0.25) is 9.59 Å². The summed E-state index contributed by atoms with van der Waals surface area (Å²) in [4.78, 5) is 24.3. The van der Waals surface area contributed by atoms with Crippen LogP contribution in [0, 0.1) is 52.3 Å². The molecule has 0 saturated heterocycles. The van der Waals surface area contributed by atoms with E-state index in [1.54, 1.807) is 0 Å². The third-order valence-corrected chi connectivity index (χ3v) is 11.1. The maximum atomic E-state index is 12.4. The Bertz CT molecular complexity index is 686. The van der Waals surface area contributed by atoms with E-state index in [1.165, 1.54) is 38.5 Å². The van der Waals surface area contributed by atoms with Crippen molar-refractivity contribution in [1.29, 1.82) is 0 Å². The van der Waals surface area contributed by atoms with Crippen LogP contribution in [0.2, 0.25) is 0 Å². The molecule has 0 radical (unpaired) electrons. The van der Waals surface area contributed by atoms with Crippen LogP contribution in [0.15, 0.2) is 0 Å². The summed E-state index contributed by atoms with van der Waals surface area (Å²) in [7, 11) is 0. The first-order valence-electron chi connectivity index (χ1n) is 13.4. The van der Waals surface area contributed by atoms with Crippen molar-refractivity contribution in [2.45, 2.75) is 105 Å². The second-order valence-corrected chi connectivity index (χ2v) is 12.2. The number of fused-ring (bicyclic) bond motifs is 5. The van der Waals surface area contributed by atoms with Gasteiger partial charge < -0.3 is 4.74 Å². The lowest BCUT2D eigenvalue weighted by atomic mass is 9.42. The Balaban J connectivity index is 1.51. The number of rotatable bonds is 6. The van der Waals surface area contributed by atoms with Gasteiger partial charge in [0.2, 0.25) is 0 Å². The maximum absolute atomic E-state index is 12.4. The summed E-state index contributed by atoms with van der Waals surface area (Å²) in [6.07, 6.45) is 12.4. The molecule has 4 saturated carbocycles. The smallest absolute Gasteiger partial charge is 0.305 e. The van der Waals surface area contributed by atoms with E-state index in [-0.39, 0.29) is 5.97 Å². The summed E-state index contributed by atoms with van der Waals surface area (Å²) in [6.45, 7) is 12.3. The first-order valence-corrected chi connectivity index (χ1v) is 13.4. The van der Waals surface area contributed by atoms with Gasteiger partial charge in [0.25, 0.3) is 0 Å². The van der Waals surface area contributed by atoms with Crippen LogP contribution in [0.1, 0.15) is 105 Å². The van der Waals surface area contributed by atoms with Crippen molar-refractivity contribution in [2.75, 3.05) is 6.61 Å². The summed E-state index contributed by atoms with van der Waals surface area (Å²) in [6, 6.07) is 0. The Morgan fingerprint density at radius 2 is 1.81 bits per heavy atom. The molecule has 0 aliphatic heterocycles. The number of carbonyl (C=O) groups excluding carboxylic acids is 2. The fraction of sp³-hybridized carbons (Fsp3) is 0.929.